The van der Waals surface area contributed by atoms with E-state index in [0.29, 0.717) is 12.6 Å². The number of hydrogen-bond acceptors (Lipinski definition) is 3. The van der Waals surface area contributed by atoms with Crippen molar-refractivity contribution in [3.63, 3.8) is 0 Å². The third-order valence-electron chi connectivity index (χ3n) is 2.86. The van der Waals surface area contributed by atoms with Crippen LogP contribution >= 0.6 is 12.2 Å². The lowest BCUT2D eigenvalue weighted by Crippen LogP contribution is -2.37. The maximum atomic E-state index is 11.5. The normalized spacial score (nSPS) is 22.4. The second-order valence-electron chi connectivity index (χ2n) is 4.19. The molecule has 1 amide bonds. The van der Waals surface area contributed by atoms with Gasteiger partial charge in [0.25, 0.3) is 0 Å². The average Bonchev–Trinajstić information content (AvgIpc) is 2.29. The summed E-state index contributed by atoms with van der Waals surface area (Å²) in [5.41, 5.74) is 5.40. The monoisotopic (exact) mass is 244 g/mol. The summed E-state index contributed by atoms with van der Waals surface area (Å²) < 4.78 is 5.57. The Kier molecular flexibility index (Phi) is 5.69. The number of hydrogen-bond donors (Lipinski definition) is 2. The predicted molar refractivity (Wildman–Crippen MR) is 67.2 cm³/mol. The molecule has 1 fully saturated rings. The highest BCUT2D eigenvalue weighted by Crippen LogP contribution is 2.14. The lowest BCUT2D eigenvalue weighted by molar-refractivity contribution is -0.122. The zero-order valence-electron chi connectivity index (χ0n) is 9.70. The molecule has 0 aromatic rings. The minimum absolute atomic E-state index is 0.0942. The van der Waals surface area contributed by atoms with Gasteiger partial charge < -0.3 is 15.8 Å². The number of nitrogens with one attached hydrogen (secondary N) is 1. The summed E-state index contributed by atoms with van der Waals surface area (Å²) in [6, 6.07) is 0. The molecular weight excluding hydrogens is 224 g/mol. The van der Waals surface area contributed by atoms with Gasteiger partial charge in [0.1, 0.15) is 0 Å². The third-order valence-corrected chi connectivity index (χ3v) is 3.21. The van der Waals surface area contributed by atoms with Gasteiger partial charge in [-0.15, -0.1) is 0 Å². The van der Waals surface area contributed by atoms with Gasteiger partial charge in [0, 0.05) is 13.2 Å². The van der Waals surface area contributed by atoms with Crippen LogP contribution in [0.5, 0.6) is 0 Å². The first-order valence-electron chi connectivity index (χ1n) is 5.80. The number of amides is 1. The van der Waals surface area contributed by atoms with E-state index in [9.17, 15) is 4.79 Å². The highest BCUT2D eigenvalue weighted by molar-refractivity contribution is 7.80. The van der Waals surface area contributed by atoms with E-state index < -0.39 is 0 Å². The van der Waals surface area contributed by atoms with Crippen LogP contribution in [0.4, 0.5) is 0 Å². The molecule has 0 saturated carbocycles. The number of carbonyl (C=O) groups is 1. The largest absolute Gasteiger partial charge is 0.393 e. The fourth-order valence-corrected chi connectivity index (χ4v) is 1.78. The van der Waals surface area contributed by atoms with Crippen molar-refractivity contribution in [3.8, 4) is 0 Å². The van der Waals surface area contributed by atoms with Crippen molar-refractivity contribution in [2.75, 3.05) is 13.2 Å². The Bertz CT molecular complexity index is 252. The fourth-order valence-electron chi connectivity index (χ4n) is 1.67. The SMILES string of the molecule is CC(C(=O)NCCC1CCCCO1)C(N)=S. The fraction of sp³-hybridized carbons (Fsp3) is 0.818. The van der Waals surface area contributed by atoms with E-state index in [2.05, 4.69) is 5.32 Å². The molecule has 3 N–H and O–H groups in total. The summed E-state index contributed by atoms with van der Waals surface area (Å²) >= 11 is 4.76. The van der Waals surface area contributed by atoms with Crippen LogP contribution in [-0.4, -0.2) is 30.2 Å². The van der Waals surface area contributed by atoms with Crippen molar-refractivity contribution in [2.45, 2.75) is 38.7 Å². The first-order chi connectivity index (χ1) is 7.61. The van der Waals surface area contributed by atoms with E-state index in [-0.39, 0.29) is 16.8 Å². The topological polar surface area (TPSA) is 64.3 Å². The molecule has 1 aliphatic heterocycles. The quantitative estimate of drug-likeness (QED) is 0.708. The Morgan fingerprint density at radius 2 is 2.38 bits per heavy atom. The van der Waals surface area contributed by atoms with Gasteiger partial charge in [-0.2, -0.15) is 0 Å². The van der Waals surface area contributed by atoms with E-state index in [1.165, 1.54) is 6.42 Å². The lowest BCUT2D eigenvalue weighted by atomic mass is 10.1. The minimum Gasteiger partial charge on any atom is -0.393 e. The molecule has 1 rings (SSSR count). The molecule has 2 atom stereocenters. The van der Waals surface area contributed by atoms with Gasteiger partial charge in [0.15, 0.2) is 0 Å². The molecular formula is C11H20N2O2S. The Balaban J connectivity index is 2.14. The third kappa shape index (κ3) is 4.45. The number of carbonyl (C=O) groups excluding carboxylic acids is 1. The summed E-state index contributed by atoms with van der Waals surface area (Å²) in [7, 11) is 0. The van der Waals surface area contributed by atoms with Gasteiger partial charge in [-0.3, -0.25) is 4.79 Å². The van der Waals surface area contributed by atoms with Gasteiger partial charge in [-0.1, -0.05) is 12.2 Å². The number of rotatable bonds is 5. The molecule has 16 heavy (non-hydrogen) atoms. The van der Waals surface area contributed by atoms with Crippen molar-refractivity contribution in [1.82, 2.24) is 5.32 Å². The molecule has 1 saturated heterocycles. The lowest BCUT2D eigenvalue weighted by Gasteiger charge is -2.22. The van der Waals surface area contributed by atoms with Crippen molar-refractivity contribution in [3.05, 3.63) is 0 Å². The van der Waals surface area contributed by atoms with Crippen LogP contribution in [0.15, 0.2) is 0 Å². The van der Waals surface area contributed by atoms with Gasteiger partial charge >= 0.3 is 0 Å². The van der Waals surface area contributed by atoms with E-state index >= 15 is 0 Å². The first-order valence-corrected chi connectivity index (χ1v) is 6.20. The Labute approximate surface area is 102 Å². The molecule has 1 heterocycles. The Morgan fingerprint density at radius 1 is 1.62 bits per heavy atom. The number of ether oxygens (including phenoxy) is 1. The summed E-state index contributed by atoms with van der Waals surface area (Å²) in [5.74, 6) is -0.481. The van der Waals surface area contributed by atoms with Crippen LogP contribution in [0.1, 0.15) is 32.6 Å². The standard InChI is InChI=1S/C11H20N2O2S/c1-8(10(12)16)11(14)13-6-5-9-4-2-3-7-15-9/h8-9H,2-7H2,1H3,(H2,12,16)(H,13,14). The summed E-state index contributed by atoms with van der Waals surface area (Å²) in [4.78, 5) is 11.7. The van der Waals surface area contributed by atoms with Gasteiger partial charge in [-0.25, -0.2) is 0 Å². The van der Waals surface area contributed by atoms with Gasteiger partial charge in [0.05, 0.1) is 17.0 Å². The molecule has 4 nitrogen and oxygen atoms in total. The van der Waals surface area contributed by atoms with E-state index in [1.807, 2.05) is 0 Å². The Morgan fingerprint density at radius 3 is 2.94 bits per heavy atom. The predicted octanol–water partition coefficient (Wildman–Crippen LogP) is 0.984. The minimum atomic E-state index is -0.387. The van der Waals surface area contributed by atoms with E-state index in [4.69, 9.17) is 22.7 Å². The first kappa shape index (κ1) is 13.4. The van der Waals surface area contributed by atoms with Gasteiger partial charge in [0.2, 0.25) is 5.91 Å². The zero-order chi connectivity index (χ0) is 12.0. The van der Waals surface area contributed by atoms with Crippen molar-refractivity contribution < 1.29 is 9.53 Å². The molecule has 1 aliphatic rings. The molecule has 92 valence electrons. The molecule has 2 unspecified atom stereocenters. The van der Waals surface area contributed by atoms with Crippen molar-refractivity contribution in [1.29, 1.82) is 0 Å². The summed E-state index contributed by atoms with van der Waals surface area (Å²) in [6.45, 7) is 3.20. The summed E-state index contributed by atoms with van der Waals surface area (Å²) in [6.07, 6.45) is 4.65. The van der Waals surface area contributed by atoms with Crippen molar-refractivity contribution >= 4 is 23.1 Å². The highest BCUT2D eigenvalue weighted by atomic mass is 32.1. The second-order valence-corrected chi connectivity index (χ2v) is 4.66. The van der Waals surface area contributed by atoms with Gasteiger partial charge in [-0.05, 0) is 32.6 Å². The summed E-state index contributed by atoms with van der Waals surface area (Å²) in [5, 5.41) is 2.82. The van der Waals surface area contributed by atoms with Crippen LogP contribution in [0.25, 0.3) is 0 Å². The molecule has 0 aliphatic carbocycles. The molecule has 0 aromatic heterocycles. The van der Waals surface area contributed by atoms with E-state index in [0.717, 1.165) is 25.9 Å². The molecule has 0 radical (unpaired) electrons. The molecule has 5 heteroatoms. The van der Waals surface area contributed by atoms with Crippen LogP contribution in [0.3, 0.4) is 0 Å². The maximum absolute atomic E-state index is 11.5. The second kappa shape index (κ2) is 6.81. The smallest absolute Gasteiger partial charge is 0.229 e. The molecule has 0 spiro atoms. The van der Waals surface area contributed by atoms with Crippen LogP contribution in [-0.2, 0) is 9.53 Å². The van der Waals surface area contributed by atoms with Crippen molar-refractivity contribution in [2.24, 2.45) is 11.7 Å². The maximum Gasteiger partial charge on any atom is 0.229 e. The number of nitrogens with two attached hydrogens (primary N) is 1. The van der Waals surface area contributed by atoms with Crippen LogP contribution in [0.2, 0.25) is 0 Å². The highest BCUT2D eigenvalue weighted by Gasteiger charge is 2.17. The van der Waals surface area contributed by atoms with E-state index in [1.54, 1.807) is 6.92 Å². The molecule has 0 bridgehead atoms. The average molecular weight is 244 g/mol. The zero-order valence-corrected chi connectivity index (χ0v) is 10.5. The number of thiocarbonyl (C=S) groups is 1. The Hall–Kier alpha value is -0.680. The van der Waals surface area contributed by atoms with Crippen LogP contribution < -0.4 is 11.1 Å². The molecule has 0 aromatic carbocycles. The van der Waals surface area contributed by atoms with Crippen LogP contribution in [0, 0.1) is 5.92 Å².